The van der Waals surface area contributed by atoms with Crippen molar-refractivity contribution in [2.45, 2.75) is 0 Å². The molecule has 0 aliphatic rings. The van der Waals surface area contributed by atoms with Crippen LogP contribution in [0.4, 0.5) is 0 Å². The number of carboxylic acid groups (broad SMARTS) is 1. The molecule has 1 aromatic heterocycles. The van der Waals surface area contributed by atoms with Gasteiger partial charge in [-0.05, 0) is 57.1 Å². The summed E-state index contributed by atoms with van der Waals surface area (Å²) >= 11 is 2.28. The number of aromatic carboxylic acids is 1. The topological polar surface area (TPSA) is 50.2 Å². The van der Waals surface area contributed by atoms with Crippen molar-refractivity contribution in [3.05, 3.63) is 76.0 Å². The number of carbonyl (C=O) groups is 1. The minimum absolute atomic E-state index is 0. The zero-order valence-corrected chi connectivity index (χ0v) is 15.7. The second kappa shape index (κ2) is 7.17. The summed E-state index contributed by atoms with van der Waals surface area (Å²) in [6, 6.07) is 21.8. The van der Waals surface area contributed by atoms with Gasteiger partial charge in [-0.25, -0.2) is 9.78 Å². The maximum absolute atomic E-state index is 11.3. The molecule has 0 saturated carbocycles. The van der Waals surface area contributed by atoms with Crippen LogP contribution in [-0.4, -0.2) is 16.1 Å². The largest absolute Gasteiger partial charge is 1.00 e. The molecule has 25 heavy (non-hydrogen) atoms. The number of pyridine rings is 1. The number of carboxylic acids is 1. The van der Waals surface area contributed by atoms with E-state index in [2.05, 4.69) is 57.9 Å². The molecular formula is C20H13ILiNO2. The Morgan fingerprint density at radius 1 is 0.920 bits per heavy atom. The monoisotopic (exact) mass is 433 g/mol. The van der Waals surface area contributed by atoms with Crippen molar-refractivity contribution in [2.75, 3.05) is 0 Å². The fraction of sp³-hybridized carbons (Fsp3) is 0. The molecule has 0 radical (unpaired) electrons. The Hall–Kier alpha value is -1.87. The van der Waals surface area contributed by atoms with Gasteiger partial charge in [0, 0.05) is 14.5 Å². The minimum atomic E-state index is -1.01. The van der Waals surface area contributed by atoms with E-state index in [1.165, 1.54) is 0 Å². The summed E-state index contributed by atoms with van der Waals surface area (Å²) in [6.45, 7) is 0. The van der Waals surface area contributed by atoms with E-state index in [1.54, 1.807) is 6.07 Å². The molecule has 3 nitrogen and oxygen atoms in total. The van der Waals surface area contributed by atoms with Gasteiger partial charge in [-0.2, -0.15) is 0 Å². The molecule has 0 aliphatic heterocycles. The summed E-state index contributed by atoms with van der Waals surface area (Å²) in [6.07, 6.45) is 0. The number of benzene rings is 3. The van der Waals surface area contributed by atoms with Crippen LogP contribution in [0.15, 0.2) is 66.7 Å². The maximum atomic E-state index is 11.3. The van der Waals surface area contributed by atoms with Crippen LogP contribution in [0.2, 0.25) is 0 Å². The van der Waals surface area contributed by atoms with Crippen LogP contribution in [0, 0.1) is 3.57 Å². The van der Waals surface area contributed by atoms with Gasteiger partial charge < -0.3 is 6.53 Å². The molecule has 3 aromatic carbocycles. The molecule has 1 heterocycles. The van der Waals surface area contributed by atoms with Crippen LogP contribution >= 0.6 is 22.6 Å². The Bertz CT molecular complexity index is 1110. The first-order valence-electron chi connectivity index (χ1n) is 7.45. The van der Waals surface area contributed by atoms with Gasteiger partial charge >= 0.3 is 24.8 Å². The summed E-state index contributed by atoms with van der Waals surface area (Å²) in [5.41, 5.74) is 2.79. The van der Waals surface area contributed by atoms with Gasteiger partial charge in [-0.1, -0.05) is 48.5 Å². The van der Waals surface area contributed by atoms with Gasteiger partial charge in [0.15, 0.2) is 0 Å². The van der Waals surface area contributed by atoms with E-state index in [1.807, 2.05) is 30.3 Å². The summed E-state index contributed by atoms with van der Waals surface area (Å²) in [5.74, 6) is -1.01. The quantitative estimate of drug-likeness (QED) is 0.391. The average molecular weight is 433 g/mol. The van der Waals surface area contributed by atoms with Gasteiger partial charge in [0.25, 0.3) is 0 Å². The molecule has 0 unspecified atom stereocenters. The molecule has 0 aliphatic carbocycles. The third-order valence-corrected chi connectivity index (χ3v) is 4.68. The molecule has 4 rings (SSSR count). The molecule has 0 bridgehead atoms. The van der Waals surface area contributed by atoms with Crippen molar-refractivity contribution in [2.24, 2.45) is 0 Å². The van der Waals surface area contributed by atoms with Crippen molar-refractivity contribution in [1.82, 2.24) is 4.98 Å². The normalized spacial score (nSPS) is 10.6. The summed E-state index contributed by atoms with van der Waals surface area (Å²) in [4.78, 5) is 15.7. The Morgan fingerprint density at radius 3 is 2.48 bits per heavy atom. The molecule has 118 valence electrons. The number of halogens is 1. The van der Waals surface area contributed by atoms with Crippen molar-refractivity contribution in [3.8, 4) is 11.1 Å². The first-order valence-corrected chi connectivity index (χ1v) is 8.53. The average Bonchev–Trinajstić information content (AvgIpc) is 2.60. The molecule has 4 aromatic rings. The third kappa shape index (κ3) is 3.30. The number of hydrogen-bond acceptors (Lipinski definition) is 2. The van der Waals surface area contributed by atoms with E-state index in [0.717, 1.165) is 30.9 Å². The third-order valence-electron chi connectivity index (χ3n) is 4.06. The van der Waals surface area contributed by atoms with Crippen LogP contribution < -0.4 is 18.9 Å². The number of nitrogens with zero attached hydrogens (tertiary/aromatic N) is 1. The van der Waals surface area contributed by atoms with Gasteiger partial charge in [0.05, 0.1) is 5.52 Å². The Kier molecular flexibility index (Phi) is 5.14. The summed E-state index contributed by atoms with van der Waals surface area (Å²) < 4.78 is 1.09. The predicted octanol–water partition coefficient (Wildman–Crippen LogP) is 2.47. The molecule has 0 fully saturated rings. The molecule has 0 atom stereocenters. The van der Waals surface area contributed by atoms with Crippen LogP contribution in [0.1, 0.15) is 11.9 Å². The van der Waals surface area contributed by atoms with Gasteiger partial charge in [-0.3, -0.25) is 0 Å². The molecule has 0 amide bonds. The maximum Gasteiger partial charge on any atom is 1.00 e. The van der Waals surface area contributed by atoms with Gasteiger partial charge in [-0.15, -0.1) is 0 Å². The Labute approximate surface area is 171 Å². The van der Waals surface area contributed by atoms with E-state index in [9.17, 15) is 9.90 Å². The fourth-order valence-electron chi connectivity index (χ4n) is 2.98. The SMILES string of the molecule is O=C(O)c1ccc2cc(I)cc(-c3cccc4ccccc34)c2n1.[H-].[Li+]. The zero-order valence-electron chi connectivity index (χ0n) is 14.5. The van der Waals surface area contributed by atoms with Crippen LogP contribution in [0.25, 0.3) is 32.8 Å². The van der Waals surface area contributed by atoms with Gasteiger partial charge in [0.1, 0.15) is 5.69 Å². The van der Waals surface area contributed by atoms with E-state index in [-0.39, 0.29) is 26.0 Å². The number of aromatic nitrogens is 1. The number of rotatable bonds is 2. The fourth-order valence-corrected chi connectivity index (χ4v) is 3.63. The van der Waals surface area contributed by atoms with Crippen LogP contribution in [0.5, 0.6) is 0 Å². The number of hydrogen-bond donors (Lipinski definition) is 1. The molecule has 0 spiro atoms. The van der Waals surface area contributed by atoms with E-state index in [4.69, 9.17) is 0 Å². The van der Waals surface area contributed by atoms with E-state index < -0.39 is 5.97 Å². The second-order valence-corrected chi connectivity index (χ2v) is 6.80. The smallest absolute Gasteiger partial charge is 1.00 e. The van der Waals surface area contributed by atoms with E-state index >= 15 is 0 Å². The Balaban J connectivity index is 0.00000121. The first-order chi connectivity index (χ1) is 11.6. The zero-order chi connectivity index (χ0) is 16.7. The molecule has 5 heteroatoms. The predicted molar refractivity (Wildman–Crippen MR) is 105 cm³/mol. The Morgan fingerprint density at radius 2 is 1.68 bits per heavy atom. The van der Waals surface area contributed by atoms with Crippen molar-refractivity contribution >= 4 is 50.2 Å². The first kappa shape index (κ1) is 17.9. The summed E-state index contributed by atoms with van der Waals surface area (Å²) in [7, 11) is 0. The van der Waals surface area contributed by atoms with Crippen LogP contribution in [0.3, 0.4) is 0 Å². The molecule has 1 N–H and O–H groups in total. The summed E-state index contributed by atoms with van der Waals surface area (Å²) in [5, 5.41) is 12.5. The molecule has 0 saturated heterocycles. The number of fused-ring (bicyclic) bond motifs is 2. The van der Waals surface area contributed by atoms with Crippen molar-refractivity contribution < 1.29 is 30.2 Å². The van der Waals surface area contributed by atoms with Crippen LogP contribution in [-0.2, 0) is 0 Å². The van der Waals surface area contributed by atoms with Gasteiger partial charge in [0.2, 0.25) is 0 Å². The second-order valence-electron chi connectivity index (χ2n) is 5.55. The van der Waals surface area contributed by atoms with Crippen molar-refractivity contribution in [3.63, 3.8) is 0 Å². The van der Waals surface area contributed by atoms with Crippen molar-refractivity contribution in [1.29, 1.82) is 0 Å². The standard InChI is InChI=1S/C20H12INO2.Li.H/c21-14-10-13-8-9-18(20(23)24)22-19(13)17(11-14)16-7-3-5-12-4-1-2-6-15(12)16;;/h1-11H,(H,23,24);;/q;+1;-1. The van der Waals surface area contributed by atoms with E-state index in [0.29, 0.717) is 5.52 Å². The molecular weight excluding hydrogens is 420 g/mol. The minimum Gasteiger partial charge on any atom is -1.00 e.